The number of aromatic hydroxyl groups is 1. The van der Waals surface area contributed by atoms with Crippen molar-refractivity contribution in [1.82, 2.24) is 0 Å². The monoisotopic (exact) mass is 312 g/mol. The molecule has 0 unspecified atom stereocenters. The van der Waals surface area contributed by atoms with Crippen LogP contribution < -0.4 is 0 Å². The second kappa shape index (κ2) is 5.74. The van der Waals surface area contributed by atoms with Crippen molar-refractivity contribution >= 4 is 21.9 Å². The van der Waals surface area contributed by atoms with Crippen LogP contribution in [-0.4, -0.2) is 16.2 Å². The number of hydrogen-bond donors (Lipinski definition) is 2. The zero-order valence-corrected chi connectivity index (χ0v) is 11.7. The first-order valence-electron chi connectivity index (χ1n) is 6.31. The van der Waals surface area contributed by atoms with Crippen LogP contribution >= 0.6 is 15.9 Å². The lowest BCUT2D eigenvalue weighted by Gasteiger charge is -2.23. The lowest BCUT2D eigenvalue weighted by atomic mass is 9.83. The molecule has 0 heterocycles. The number of carbonyl (C=O) groups is 1. The molecule has 0 spiro atoms. The molecule has 1 aromatic carbocycles. The van der Waals surface area contributed by atoms with Crippen LogP contribution in [0.3, 0.4) is 0 Å². The van der Waals surface area contributed by atoms with Crippen LogP contribution in [0, 0.1) is 0 Å². The summed E-state index contributed by atoms with van der Waals surface area (Å²) in [7, 11) is 0. The van der Waals surface area contributed by atoms with Crippen molar-refractivity contribution in [3.8, 4) is 5.75 Å². The molecular formula is C14H17BrO3. The average molecular weight is 313 g/mol. The molecule has 18 heavy (non-hydrogen) atoms. The Morgan fingerprint density at radius 2 is 1.94 bits per heavy atom. The van der Waals surface area contributed by atoms with Crippen molar-refractivity contribution in [2.75, 3.05) is 0 Å². The van der Waals surface area contributed by atoms with Gasteiger partial charge in [0.25, 0.3) is 0 Å². The molecule has 2 N–H and O–H groups in total. The molecule has 98 valence electrons. The molecule has 0 aliphatic heterocycles. The Bertz CT molecular complexity index is 451. The molecule has 1 aliphatic carbocycles. The first kappa shape index (κ1) is 13.4. The number of phenolic OH excluding ortho intramolecular Hbond substituents is 1. The third kappa shape index (κ3) is 2.86. The number of carboxylic acids is 1. The molecule has 0 saturated heterocycles. The molecule has 1 fully saturated rings. The van der Waals surface area contributed by atoms with Crippen molar-refractivity contribution in [1.29, 1.82) is 0 Å². The van der Waals surface area contributed by atoms with Gasteiger partial charge in [-0.05, 0) is 40.3 Å². The van der Waals surface area contributed by atoms with Crippen LogP contribution in [0.5, 0.6) is 5.75 Å². The highest BCUT2D eigenvalue weighted by Gasteiger charge is 2.21. The highest BCUT2D eigenvalue weighted by atomic mass is 79.9. The zero-order valence-electron chi connectivity index (χ0n) is 10.2. The summed E-state index contributed by atoms with van der Waals surface area (Å²) in [6, 6.07) is 3.69. The summed E-state index contributed by atoms with van der Waals surface area (Å²) in [5.74, 6) is -0.360. The predicted molar refractivity (Wildman–Crippen MR) is 73.0 cm³/mol. The smallest absolute Gasteiger partial charge is 0.307 e. The molecule has 0 radical (unpaired) electrons. The Labute approximate surface area is 115 Å². The van der Waals surface area contributed by atoms with Crippen LogP contribution in [0.2, 0.25) is 0 Å². The van der Waals surface area contributed by atoms with Gasteiger partial charge < -0.3 is 10.2 Å². The van der Waals surface area contributed by atoms with Gasteiger partial charge in [0, 0.05) is 5.56 Å². The Morgan fingerprint density at radius 3 is 2.56 bits per heavy atom. The van der Waals surface area contributed by atoms with Crippen molar-refractivity contribution < 1.29 is 15.0 Å². The summed E-state index contributed by atoms with van der Waals surface area (Å²) in [6.45, 7) is 0. The maximum atomic E-state index is 10.7. The molecule has 4 heteroatoms. The van der Waals surface area contributed by atoms with E-state index in [-0.39, 0.29) is 12.2 Å². The minimum absolute atomic E-state index is 0.0838. The van der Waals surface area contributed by atoms with Crippen molar-refractivity contribution in [2.45, 2.75) is 44.4 Å². The maximum absolute atomic E-state index is 10.7. The fraction of sp³-hybridized carbons (Fsp3) is 0.500. The van der Waals surface area contributed by atoms with Crippen molar-refractivity contribution in [3.63, 3.8) is 0 Å². The molecule has 1 aliphatic rings. The van der Waals surface area contributed by atoms with E-state index in [1.807, 2.05) is 6.07 Å². The summed E-state index contributed by atoms with van der Waals surface area (Å²) in [4.78, 5) is 10.7. The van der Waals surface area contributed by atoms with E-state index in [1.54, 1.807) is 6.07 Å². The first-order valence-corrected chi connectivity index (χ1v) is 7.11. The Kier molecular flexibility index (Phi) is 4.27. The SMILES string of the molecule is O=C(O)Cc1ccc(C2CCCCC2)c(Br)c1O. The Hall–Kier alpha value is -1.03. The summed E-state index contributed by atoms with van der Waals surface area (Å²) in [5.41, 5.74) is 1.58. The third-order valence-corrected chi connectivity index (χ3v) is 4.45. The molecule has 0 atom stereocenters. The zero-order chi connectivity index (χ0) is 13.1. The number of rotatable bonds is 3. The lowest BCUT2D eigenvalue weighted by Crippen LogP contribution is -2.07. The second-order valence-electron chi connectivity index (χ2n) is 4.88. The number of phenols is 1. The summed E-state index contributed by atoms with van der Waals surface area (Å²) in [6.07, 6.45) is 5.91. The number of halogens is 1. The number of carboxylic acid groups (broad SMARTS) is 1. The average Bonchev–Trinajstić information content (AvgIpc) is 2.36. The molecule has 0 bridgehead atoms. The van der Waals surface area contributed by atoms with E-state index in [0.717, 1.165) is 18.4 Å². The molecule has 1 aromatic rings. The highest BCUT2D eigenvalue weighted by Crippen LogP contribution is 2.41. The van der Waals surface area contributed by atoms with Crippen molar-refractivity contribution in [2.24, 2.45) is 0 Å². The molecule has 3 nitrogen and oxygen atoms in total. The topological polar surface area (TPSA) is 57.5 Å². The maximum Gasteiger partial charge on any atom is 0.307 e. The van der Waals surface area contributed by atoms with Gasteiger partial charge in [0.15, 0.2) is 0 Å². The first-order chi connectivity index (χ1) is 8.59. The fourth-order valence-electron chi connectivity index (χ4n) is 2.65. The Morgan fingerprint density at radius 1 is 1.28 bits per heavy atom. The largest absolute Gasteiger partial charge is 0.506 e. The fourth-order valence-corrected chi connectivity index (χ4v) is 3.37. The van der Waals surface area contributed by atoms with Crippen LogP contribution in [0.1, 0.15) is 49.1 Å². The lowest BCUT2D eigenvalue weighted by molar-refractivity contribution is -0.136. The van der Waals surface area contributed by atoms with Gasteiger partial charge in [-0.25, -0.2) is 0 Å². The van der Waals surface area contributed by atoms with E-state index in [0.29, 0.717) is 16.0 Å². The van der Waals surface area contributed by atoms with Gasteiger partial charge in [-0.3, -0.25) is 4.79 Å². The van der Waals surface area contributed by atoms with Crippen LogP contribution in [0.4, 0.5) is 0 Å². The number of benzene rings is 1. The van der Waals surface area contributed by atoms with Crippen LogP contribution in [0.25, 0.3) is 0 Å². The summed E-state index contributed by atoms with van der Waals surface area (Å²) >= 11 is 3.41. The van der Waals surface area contributed by atoms with Gasteiger partial charge in [-0.1, -0.05) is 31.4 Å². The molecule has 2 rings (SSSR count). The van der Waals surface area contributed by atoms with Gasteiger partial charge >= 0.3 is 5.97 Å². The molecular weight excluding hydrogens is 296 g/mol. The van der Waals surface area contributed by atoms with Gasteiger partial charge in [-0.2, -0.15) is 0 Å². The van der Waals surface area contributed by atoms with E-state index in [9.17, 15) is 9.90 Å². The van der Waals surface area contributed by atoms with Gasteiger partial charge in [0.1, 0.15) is 5.75 Å². The molecule has 0 amide bonds. The summed E-state index contributed by atoms with van der Waals surface area (Å²) < 4.78 is 0.674. The highest BCUT2D eigenvalue weighted by molar-refractivity contribution is 9.10. The minimum Gasteiger partial charge on any atom is -0.506 e. The Balaban J connectivity index is 2.27. The number of aliphatic carboxylic acids is 1. The quantitative estimate of drug-likeness (QED) is 0.891. The predicted octanol–water partition coefficient (Wildman–Crippen LogP) is 3.83. The second-order valence-corrected chi connectivity index (χ2v) is 5.67. The minimum atomic E-state index is -0.928. The van der Waals surface area contributed by atoms with Crippen molar-refractivity contribution in [3.05, 3.63) is 27.7 Å². The molecule has 1 saturated carbocycles. The van der Waals surface area contributed by atoms with Gasteiger partial charge in [0.2, 0.25) is 0 Å². The van der Waals surface area contributed by atoms with E-state index in [2.05, 4.69) is 15.9 Å². The van der Waals surface area contributed by atoms with Crippen LogP contribution in [0.15, 0.2) is 16.6 Å². The normalized spacial score (nSPS) is 16.7. The standard InChI is InChI=1S/C14H17BrO3/c15-13-11(9-4-2-1-3-5-9)7-6-10(14(13)18)8-12(16)17/h6-7,9,18H,1-5,8H2,(H,16,17). The van der Waals surface area contributed by atoms with E-state index >= 15 is 0 Å². The van der Waals surface area contributed by atoms with E-state index in [1.165, 1.54) is 19.3 Å². The van der Waals surface area contributed by atoms with Gasteiger partial charge in [-0.15, -0.1) is 0 Å². The van der Waals surface area contributed by atoms with Crippen LogP contribution in [-0.2, 0) is 11.2 Å². The van der Waals surface area contributed by atoms with Gasteiger partial charge in [0.05, 0.1) is 10.9 Å². The van der Waals surface area contributed by atoms with E-state index in [4.69, 9.17) is 5.11 Å². The van der Waals surface area contributed by atoms with E-state index < -0.39 is 5.97 Å². The number of hydrogen-bond acceptors (Lipinski definition) is 2. The third-order valence-electron chi connectivity index (χ3n) is 3.62. The molecule has 0 aromatic heterocycles. The summed E-state index contributed by atoms with van der Waals surface area (Å²) in [5, 5.41) is 18.8.